The van der Waals surface area contributed by atoms with Gasteiger partial charge in [0.25, 0.3) is 0 Å². The Morgan fingerprint density at radius 2 is 0.944 bits per heavy atom. The number of carbonyl (C=O) groups is 1. The van der Waals surface area contributed by atoms with Gasteiger partial charge in [0.2, 0.25) is 5.91 Å². The number of carbonyl (C=O) groups excluding carboxylic acids is 1. The van der Waals surface area contributed by atoms with Crippen molar-refractivity contribution in [1.29, 1.82) is 0 Å². The van der Waals surface area contributed by atoms with Crippen LogP contribution in [-0.2, 0) is 4.79 Å². The predicted octanol–water partition coefficient (Wildman–Crippen LogP) is 9.13. The number of amides is 1. The Bertz CT molecular complexity index is 432. The molecule has 1 amide bonds. The third-order valence-corrected chi connectivity index (χ3v) is 7.55. The Balaban J connectivity index is -0.00000164. The van der Waals surface area contributed by atoms with Crippen LogP contribution in [0.5, 0.6) is 0 Å². The molecular weight excluding hydrogens is 470 g/mol. The zero-order valence-corrected chi connectivity index (χ0v) is 25.7. The third-order valence-electron chi connectivity index (χ3n) is 7.55. The van der Waals surface area contributed by atoms with Crippen LogP contribution in [-0.4, -0.2) is 29.3 Å². The molecule has 0 radical (unpaired) electrons. The van der Waals surface area contributed by atoms with Gasteiger partial charge in [-0.2, -0.15) is 0 Å². The quantitative estimate of drug-likeness (QED) is 0.102. The van der Waals surface area contributed by atoms with E-state index in [4.69, 9.17) is 5.11 Å². The van der Waals surface area contributed by atoms with Crippen molar-refractivity contribution in [2.24, 2.45) is 17.1 Å². The minimum absolute atomic E-state index is 0. The number of unbranched alkanes of at least 4 members (excludes halogenated alkanes) is 16. The van der Waals surface area contributed by atoms with E-state index < -0.39 is 12.5 Å². The molecule has 0 saturated carbocycles. The van der Waals surface area contributed by atoms with E-state index in [-0.39, 0.29) is 12.4 Å². The van der Waals surface area contributed by atoms with Crippen molar-refractivity contribution in [3.63, 3.8) is 0 Å². The van der Waals surface area contributed by atoms with E-state index in [0.29, 0.717) is 12.0 Å². The third kappa shape index (κ3) is 29.9. The molecule has 0 aliphatic heterocycles. The van der Waals surface area contributed by atoms with E-state index in [1.165, 1.54) is 135 Å². The zero-order chi connectivity index (χ0) is 26.6. The maximum absolute atomic E-state index is 9.34. The number of aliphatic hydroxyl groups is 2. The van der Waals surface area contributed by atoms with E-state index in [1.54, 1.807) is 0 Å². The Hall–Kier alpha value is -0.320. The fourth-order valence-corrected chi connectivity index (χ4v) is 5.07. The molecule has 0 rings (SSSR count). The van der Waals surface area contributed by atoms with Gasteiger partial charge >= 0.3 is 0 Å². The number of aliphatic hydroxyl groups excluding tert-OH is 2. The molecule has 36 heavy (non-hydrogen) atoms. The molecule has 5 heteroatoms. The summed E-state index contributed by atoms with van der Waals surface area (Å²) >= 11 is 0. The number of hydrogen-bond acceptors (Lipinski definition) is 3. The van der Waals surface area contributed by atoms with Crippen molar-refractivity contribution in [2.75, 3.05) is 13.2 Å². The summed E-state index contributed by atoms with van der Waals surface area (Å²) in [7, 11) is 0. The number of hydrogen-bond donors (Lipinski definition) is 3. The highest BCUT2D eigenvalue weighted by molar-refractivity contribution is 5.85. The topological polar surface area (TPSA) is 83.5 Å². The van der Waals surface area contributed by atoms with Crippen molar-refractivity contribution in [3.05, 3.63) is 0 Å². The molecule has 0 aromatic rings. The molecule has 0 spiro atoms. The molecule has 1 unspecified atom stereocenters. The maximum atomic E-state index is 9.34. The molecular formula is C31H66ClNO3. The van der Waals surface area contributed by atoms with Crippen molar-refractivity contribution in [3.8, 4) is 0 Å². The highest BCUT2D eigenvalue weighted by Gasteiger charge is 2.28. The monoisotopic (exact) mass is 535 g/mol. The van der Waals surface area contributed by atoms with Crippen LogP contribution < -0.4 is 5.73 Å². The molecule has 4 N–H and O–H groups in total. The molecule has 0 saturated heterocycles. The van der Waals surface area contributed by atoms with E-state index in [0.717, 1.165) is 12.3 Å². The summed E-state index contributed by atoms with van der Waals surface area (Å²) in [5.74, 6) is 0.156. The van der Waals surface area contributed by atoms with Gasteiger partial charge in [-0.15, -0.1) is 12.4 Å². The standard InChI is InChI=1S/C29H60O.C2H5NO2.ClH/c1-5-7-9-11-13-15-16-18-20-22-25-28(29(3,4)26-23-27-30)24-21-19-17-14-12-10-8-6-2;3-2(5)1-4;/h28,30H,5-27H2,1-4H3;4H,1H2,(H2,3,5);1H. The molecule has 4 nitrogen and oxygen atoms in total. The van der Waals surface area contributed by atoms with Crippen LogP contribution in [0.15, 0.2) is 0 Å². The van der Waals surface area contributed by atoms with Crippen LogP contribution in [0.2, 0.25) is 0 Å². The fraction of sp³-hybridized carbons (Fsp3) is 0.968. The summed E-state index contributed by atoms with van der Waals surface area (Å²) in [5.41, 5.74) is 4.79. The van der Waals surface area contributed by atoms with Crippen LogP contribution in [0, 0.1) is 11.3 Å². The lowest BCUT2D eigenvalue weighted by atomic mass is 9.71. The first kappa shape index (κ1) is 40.2. The Morgan fingerprint density at radius 1 is 0.639 bits per heavy atom. The van der Waals surface area contributed by atoms with Crippen LogP contribution >= 0.6 is 12.4 Å². The lowest BCUT2D eigenvalue weighted by Gasteiger charge is -2.35. The van der Waals surface area contributed by atoms with E-state index in [1.807, 2.05) is 0 Å². The smallest absolute Gasteiger partial charge is 0.243 e. The first-order valence-electron chi connectivity index (χ1n) is 15.4. The minimum Gasteiger partial charge on any atom is -0.396 e. The van der Waals surface area contributed by atoms with Crippen molar-refractivity contribution in [1.82, 2.24) is 0 Å². The SMILES string of the molecule is CCCCCCCCCCCCC(CCCCCCCCCC)C(C)(C)CCCO.Cl.NC(=O)CO. The van der Waals surface area contributed by atoms with E-state index in [9.17, 15) is 9.90 Å². The Morgan fingerprint density at radius 3 is 1.22 bits per heavy atom. The summed E-state index contributed by atoms with van der Waals surface area (Å²) in [5, 5.41) is 17.0. The van der Waals surface area contributed by atoms with Gasteiger partial charge in [0.15, 0.2) is 0 Å². The number of rotatable bonds is 25. The zero-order valence-electron chi connectivity index (χ0n) is 24.8. The molecule has 0 heterocycles. The fourth-order valence-electron chi connectivity index (χ4n) is 5.07. The number of nitrogens with two attached hydrogens (primary N) is 1. The summed E-state index contributed by atoms with van der Waals surface area (Å²) < 4.78 is 0. The average Bonchev–Trinajstić information content (AvgIpc) is 2.84. The van der Waals surface area contributed by atoms with E-state index >= 15 is 0 Å². The maximum Gasteiger partial charge on any atom is 0.243 e. The second-order valence-electron chi connectivity index (χ2n) is 11.4. The first-order chi connectivity index (χ1) is 16.9. The number of primary amides is 1. The normalized spacial score (nSPS) is 11.9. The molecule has 1 atom stereocenters. The molecule has 0 aromatic heterocycles. The van der Waals surface area contributed by atoms with Gasteiger partial charge < -0.3 is 15.9 Å². The van der Waals surface area contributed by atoms with Gasteiger partial charge in [0, 0.05) is 6.61 Å². The first-order valence-corrected chi connectivity index (χ1v) is 15.4. The molecule has 0 aromatic carbocycles. The Labute approximate surface area is 232 Å². The van der Waals surface area contributed by atoms with Crippen LogP contribution in [0.3, 0.4) is 0 Å². The molecule has 220 valence electrons. The molecule has 0 bridgehead atoms. The van der Waals surface area contributed by atoms with Crippen LogP contribution in [0.4, 0.5) is 0 Å². The van der Waals surface area contributed by atoms with Crippen LogP contribution in [0.25, 0.3) is 0 Å². The largest absolute Gasteiger partial charge is 0.396 e. The van der Waals surface area contributed by atoms with Crippen molar-refractivity contribution >= 4 is 18.3 Å². The lowest BCUT2D eigenvalue weighted by Crippen LogP contribution is -2.24. The van der Waals surface area contributed by atoms with E-state index in [2.05, 4.69) is 33.4 Å². The minimum atomic E-state index is -0.690. The Kier molecular flexibility index (Phi) is 34.5. The molecule has 0 aliphatic rings. The highest BCUT2D eigenvalue weighted by atomic mass is 35.5. The second kappa shape index (κ2) is 30.9. The van der Waals surface area contributed by atoms with Gasteiger partial charge in [0.05, 0.1) is 0 Å². The summed E-state index contributed by atoms with van der Waals surface area (Å²) in [6, 6.07) is 0. The highest BCUT2D eigenvalue weighted by Crippen LogP contribution is 2.39. The average molecular weight is 536 g/mol. The van der Waals surface area contributed by atoms with Gasteiger partial charge in [-0.25, -0.2) is 0 Å². The second-order valence-corrected chi connectivity index (χ2v) is 11.4. The number of halogens is 1. The van der Waals surface area contributed by atoms with Crippen LogP contribution in [0.1, 0.15) is 169 Å². The van der Waals surface area contributed by atoms with Gasteiger partial charge in [-0.3, -0.25) is 4.79 Å². The van der Waals surface area contributed by atoms with Crippen molar-refractivity contribution < 1.29 is 15.0 Å². The van der Waals surface area contributed by atoms with Crippen molar-refractivity contribution in [2.45, 2.75) is 169 Å². The van der Waals surface area contributed by atoms with Gasteiger partial charge in [-0.1, -0.05) is 143 Å². The summed E-state index contributed by atoms with van der Waals surface area (Å²) in [6.45, 7) is 9.33. The summed E-state index contributed by atoms with van der Waals surface area (Å²) in [4.78, 5) is 9.34. The van der Waals surface area contributed by atoms with Gasteiger partial charge in [0.1, 0.15) is 6.61 Å². The molecule has 0 aliphatic carbocycles. The predicted molar refractivity (Wildman–Crippen MR) is 161 cm³/mol. The van der Waals surface area contributed by atoms with Gasteiger partial charge in [-0.05, 0) is 37.0 Å². The lowest BCUT2D eigenvalue weighted by molar-refractivity contribution is -0.120. The summed E-state index contributed by atoms with van der Waals surface area (Å²) in [6.07, 6.45) is 30.7. The molecule has 0 fully saturated rings.